The monoisotopic (exact) mass is 435 g/mol. The maximum atomic E-state index is 12.7. The molecule has 3 aliphatic heterocycles. The first-order chi connectivity index (χ1) is 15.6. The lowest BCUT2D eigenvalue weighted by Crippen LogP contribution is -2.60. The Kier molecular flexibility index (Phi) is 5.82. The van der Waals surface area contributed by atoms with Gasteiger partial charge in [-0.3, -0.25) is 14.7 Å². The molecule has 1 unspecified atom stereocenters. The van der Waals surface area contributed by atoms with Gasteiger partial charge in [-0.15, -0.1) is 0 Å². The minimum Gasteiger partial charge on any atom is -0.496 e. The van der Waals surface area contributed by atoms with Gasteiger partial charge in [-0.1, -0.05) is 42.5 Å². The average molecular weight is 436 g/mol. The summed E-state index contributed by atoms with van der Waals surface area (Å²) in [6.45, 7) is 8.31. The Morgan fingerprint density at radius 1 is 0.969 bits per heavy atom. The summed E-state index contributed by atoms with van der Waals surface area (Å²) in [5.41, 5.74) is 3.39. The van der Waals surface area contributed by atoms with Gasteiger partial charge in [0.15, 0.2) is 0 Å². The van der Waals surface area contributed by atoms with Gasteiger partial charge >= 0.3 is 6.09 Å². The maximum Gasteiger partial charge on any atom is 0.410 e. The van der Waals surface area contributed by atoms with Crippen molar-refractivity contribution in [2.24, 2.45) is 0 Å². The molecule has 0 radical (unpaired) electrons. The van der Waals surface area contributed by atoms with E-state index in [1.807, 2.05) is 4.90 Å². The maximum absolute atomic E-state index is 12.7. The predicted molar refractivity (Wildman–Crippen MR) is 124 cm³/mol. The molecule has 3 aliphatic rings. The second-order valence-corrected chi connectivity index (χ2v) is 9.44. The zero-order valence-corrected chi connectivity index (χ0v) is 19.1. The van der Waals surface area contributed by atoms with Crippen LogP contribution in [0.2, 0.25) is 0 Å². The van der Waals surface area contributed by atoms with Gasteiger partial charge in [-0.25, -0.2) is 4.79 Å². The number of piperazine rings is 1. The molecular formula is C26H33N3O3. The first-order valence-electron chi connectivity index (χ1n) is 11.7. The SMILES string of the molecule is COc1cc(CN2CCC3(CC2)OC(=O)N2CCN(Cc4ccccc4)CC23)ccc1C. The first-order valence-corrected chi connectivity index (χ1v) is 11.7. The summed E-state index contributed by atoms with van der Waals surface area (Å²) in [4.78, 5) is 19.6. The molecule has 6 nitrogen and oxygen atoms in total. The molecule has 1 amide bonds. The molecule has 5 rings (SSSR count). The van der Waals surface area contributed by atoms with Crippen LogP contribution in [0.25, 0.3) is 0 Å². The summed E-state index contributed by atoms with van der Waals surface area (Å²) < 4.78 is 11.6. The molecule has 3 heterocycles. The second-order valence-electron chi connectivity index (χ2n) is 9.44. The number of hydrogen-bond donors (Lipinski definition) is 0. The van der Waals surface area contributed by atoms with Crippen LogP contribution in [0.15, 0.2) is 48.5 Å². The highest BCUT2D eigenvalue weighted by Gasteiger charge is 2.56. The molecule has 170 valence electrons. The summed E-state index contributed by atoms with van der Waals surface area (Å²) in [5.74, 6) is 0.942. The number of amides is 1. The summed E-state index contributed by atoms with van der Waals surface area (Å²) in [6.07, 6.45) is 1.66. The number of fused-ring (bicyclic) bond motifs is 2. The van der Waals surface area contributed by atoms with Gasteiger partial charge in [0.25, 0.3) is 0 Å². The van der Waals surface area contributed by atoms with Crippen LogP contribution in [-0.2, 0) is 17.8 Å². The zero-order chi connectivity index (χ0) is 22.1. The quantitative estimate of drug-likeness (QED) is 0.717. The fourth-order valence-corrected chi connectivity index (χ4v) is 5.54. The van der Waals surface area contributed by atoms with Crippen molar-refractivity contribution in [3.63, 3.8) is 0 Å². The van der Waals surface area contributed by atoms with E-state index in [4.69, 9.17) is 9.47 Å². The van der Waals surface area contributed by atoms with Gasteiger partial charge in [0.2, 0.25) is 0 Å². The topological polar surface area (TPSA) is 45.3 Å². The number of ether oxygens (including phenoxy) is 2. The number of methoxy groups -OCH3 is 1. The van der Waals surface area contributed by atoms with E-state index in [1.54, 1.807) is 7.11 Å². The number of likely N-dealkylation sites (tertiary alicyclic amines) is 1. The third-order valence-corrected chi connectivity index (χ3v) is 7.43. The third-order valence-electron chi connectivity index (χ3n) is 7.43. The highest BCUT2D eigenvalue weighted by atomic mass is 16.6. The minimum atomic E-state index is -0.353. The first kappa shape index (κ1) is 21.3. The van der Waals surface area contributed by atoms with Crippen molar-refractivity contribution in [1.82, 2.24) is 14.7 Å². The average Bonchev–Trinajstić information content (AvgIpc) is 3.08. The normalized spacial score (nSPS) is 23.2. The van der Waals surface area contributed by atoms with Crippen molar-refractivity contribution in [1.29, 1.82) is 0 Å². The molecule has 0 bridgehead atoms. The number of aryl methyl sites for hydroxylation is 1. The van der Waals surface area contributed by atoms with Crippen molar-refractivity contribution in [3.8, 4) is 5.75 Å². The van der Waals surface area contributed by atoms with Crippen molar-refractivity contribution in [3.05, 3.63) is 65.2 Å². The third kappa shape index (κ3) is 4.09. The number of piperidine rings is 1. The van der Waals surface area contributed by atoms with Gasteiger partial charge in [0.05, 0.1) is 13.2 Å². The number of nitrogens with zero attached hydrogens (tertiary/aromatic N) is 3. The standard InChI is InChI=1S/C26H33N3O3/c1-20-8-9-22(16-23(20)31-2)18-27-12-10-26(11-13-27)24-19-28(14-15-29(24)25(30)32-26)17-21-6-4-3-5-7-21/h3-9,16,24H,10-15,17-19H2,1-2H3. The summed E-state index contributed by atoms with van der Waals surface area (Å²) in [7, 11) is 1.72. The molecule has 1 atom stereocenters. The van der Waals surface area contributed by atoms with Gasteiger partial charge in [0, 0.05) is 58.7 Å². The molecule has 6 heteroatoms. The van der Waals surface area contributed by atoms with E-state index >= 15 is 0 Å². The van der Waals surface area contributed by atoms with Crippen LogP contribution >= 0.6 is 0 Å². The van der Waals surface area contributed by atoms with Gasteiger partial charge in [-0.05, 0) is 29.7 Å². The Bertz CT molecular complexity index is 956. The Labute approximate surface area is 190 Å². The molecule has 0 aromatic heterocycles. The lowest BCUT2D eigenvalue weighted by atomic mass is 9.83. The van der Waals surface area contributed by atoms with Gasteiger partial charge < -0.3 is 9.47 Å². The lowest BCUT2D eigenvalue weighted by Gasteiger charge is -2.45. The molecule has 2 aromatic carbocycles. The Hall–Kier alpha value is -2.57. The van der Waals surface area contributed by atoms with E-state index in [0.29, 0.717) is 0 Å². The van der Waals surface area contributed by atoms with Crippen molar-refractivity contribution in [2.45, 2.75) is 44.5 Å². The van der Waals surface area contributed by atoms with Crippen LogP contribution in [0.3, 0.4) is 0 Å². The highest BCUT2D eigenvalue weighted by Crippen LogP contribution is 2.40. The minimum absolute atomic E-state index is 0.119. The fraction of sp³-hybridized carbons (Fsp3) is 0.500. The predicted octanol–water partition coefficient (Wildman–Crippen LogP) is 3.67. The highest BCUT2D eigenvalue weighted by molar-refractivity contribution is 5.72. The number of benzene rings is 2. The summed E-state index contributed by atoms with van der Waals surface area (Å²) in [6, 6.07) is 17.2. The molecular weight excluding hydrogens is 402 g/mol. The zero-order valence-electron chi connectivity index (χ0n) is 19.1. The molecule has 3 fully saturated rings. The van der Waals surface area contributed by atoms with Crippen LogP contribution in [-0.4, -0.2) is 72.3 Å². The van der Waals surface area contributed by atoms with Gasteiger partial charge in [0.1, 0.15) is 11.4 Å². The number of hydrogen-bond acceptors (Lipinski definition) is 5. The lowest BCUT2D eigenvalue weighted by molar-refractivity contribution is -0.0368. The molecule has 3 saturated heterocycles. The Morgan fingerprint density at radius 3 is 2.47 bits per heavy atom. The van der Waals surface area contributed by atoms with E-state index in [2.05, 4.69) is 65.3 Å². The molecule has 32 heavy (non-hydrogen) atoms. The number of carbonyl (C=O) groups is 1. The van der Waals surface area contributed by atoms with Crippen LogP contribution in [0.1, 0.15) is 29.5 Å². The molecule has 2 aromatic rings. The molecule has 0 N–H and O–H groups in total. The van der Waals surface area contributed by atoms with E-state index < -0.39 is 0 Å². The Balaban J connectivity index is 1.24. The molecule has 1 spiro atoms. The number of rotatable bonds is 5. The van der Waals surface area contributed by atoms with Crippen LogP contribution < -0.4 is 4.74 Å². The van der Waals surface area contributed by atoms with E-state index in [1.165, 1.54) is 11.1 Å². The van der Waals surface area contributed by atoms with Crippen molar-refractivity contribution < 1.29 is 14.3 Å². The van der Waals surface area contributed by atoms with E-state index in [-0.39, 0.29) is 17.7 Å². The molecule has 0 aliphatic carbocycles. The Morgan fingerprint density at radius 2 is 1.72 bits per heavy atom. The van der Waals surface area contributed by atoms with Crippen molar-refractivity contribution >= 4 is 6.09 Å². The van der Waals surface area contributed by atoms with Crippen LogP contribution in [0.5, 0.6) is 5.75 Å². The largest absolute Gasteiger partial charge is 0.496 e. The molecule has 0 saturated carbocycles. The van der Waals surface area contributed by atoms with Crippen LogP contribution in [0.4, 0.5) is 4.79 Å². The summed E-state index contributed by atoms with van der Waals surface area (Å²) >= 11 is 0. The van der Waals surface area contributed by atoms with Gasteiger partial charge in [-0.2, -0.15) is 0 Å². The fourth-order valence-electron chi connectivity index (χ4n) is 5.54. The summed E-state index contributed by atoms with van der Waals surface area (Å²) in [5, 5.41) is 0. The van der Waals surface area contributed by atoms with Crippen LogP contribution in [0, 0.1) is 6.92 Å². The van der Waals surface area contributed by atoms with E-state index in [9.17, 15) is 4.79 Å². The van der Waals surface area contributed by atoms with Crippen molar-refractivity contribution in [2.75, 3.05) is 39.8 Å². The second kappa shape index (κ2) is 8.75. The van der Waals surface area contributed by atoms with E-state index in [0.717, 1.165) is 70.0 Å². The smallest absolute Gasteiger partial charge is 0.410 e. The number of carbonyl (C=O) groups excluding carboxylic acids is 1.